The highest BCUT2D eigenvalue weighted by atomic mass is 16.4. The van der Waals surface area contributed by atoms with Gasteiger partial charge in [0.1, 0.15) is 0 Å². The largest absolute Gasteiger partial charge is 0.481 e. The fourth-order valence-electron chi connectivity index (χ4n) is 2.72. The number of hydrogen-bond acceptors (Lipinski definition) is 2. The van der Waals surface area contributed by atoms with Gasteiger partial charge in [-0.15, -0.1) is 0 Å². The monoisotopic (exact) mass is 322 g/mol. The number of carbonyl (C=O) groups is 2. The SMILES string of the molecule is C[C@@H](C(=O)O)[C@H](NC(=O)c1ccc2[nH]ccc2c1)c1ccccc1. The van der Waals surface area contributed by atoms with Crippen LogP contribution in [0.15, 0.2) is 60.8 Å². The van der Waals surface area contributed by atoms with Gasteiger partial charge in [0.05, 0.1) is 12.0 Å². The topological polar surface area (TPSA) is 82.2 Å². The smallest absolute Gasteiger partial charge is 0.308 e. The average Bonchev–Trinajstić information content (AvgIpc) is 3.07. The van der Waals surface area contributed by atoms with E-state index in [4.69, 9.17) is 0 Å². The van der Waals surface area contributed by atoms with Crippen molar-refractivity contribution in [1.29, 1.82) is 0 Å². The molecular formula is C19H18N2O3. The molecule has 0 aliphatic rings. The third-order valence-electron chi connectivity index (χ3n) is 4.15. The summed E-state index contributed by atoms with van der Waals surface area (Å²) in [5.74, 6) is -1.99. The molecule has 0 bridgehead atoms. The molecule has 3 aromatic rings. The molecular weight excluding hydrogens is 304 g/mol. The molecule has 5 heteroatoms. The van der Waals surface area contributed by atoms with Gasteiger partial charge in [-0.2, -0.15) is 0 Å². The molecule has 1 heterocycles. The first kappa shape index (κ1) is 15.8. The molecule has 0 aliphatic heterocycles. The molecule has 3 rings (SSSR count). The van der Waals surface area contributed by atoms with E-state index >= 15 is 0 Å². The highest BCUT2D eigenvalue weighted by Gasteiger charge is 2.27. The van der Waals surface area contributed by atoms with Gasteiger partial charge in [0.15, 0.2) is 0 Å². The van der Waals surface area contributed by atoms with Gasteiger partial charge in [-0.3, -0.25) is 9.59 Å². The molecule has 0 spiro atoms. The highest BCUT2D eigenvalue weighted by molar-refractivity contribution is 5.98. The average molecular weight is 322 g/mol. The molecule has 0 saturated heterocycles. The van der Waals surface area contributed by atoms with Crippen molar-refractivity contribution in [3.63, 3.8) is 0 Å². The number of hydrogen-bond donors (Lipinski definition) is 3. The summed E-state index contributed by atoms with van der Waals surface area (Å²) in [7, 11) is 0. The van der Waals surface area contributed by atoms with Crippen molar-refractivity contribution in [1.82, 2.24) is 10.3 Å². The van der Waals surface area contributed by atoms with E-state index in [0.29, 0.717) is 5.56 Å². The third-order valence-corrected chi connectivity index (χ3v) is 4.15. The molecule has 5 nitrogen and oxygen atoms in total. The van der Waals surface area contributed by atoms with Crippen LogP contribution < -0.4 is 5.32 Å². The molecule has 0 fully saturated rings. The quantitative estimate of drug-likeness (QED) is 0.673. The zero-order chi connectivity index (χ0) is 17.1. The lowest BCUT2D eigenvalue weighted by atomic mass is 9.94. The molecule has 0 saturated carbocycles. The molecule has 1 amide bonds. The number of H-pyrrole nitrogens is 1. The zero-order valence-electron chi connectivity index (χ0n) is 13.2. The number of nitrogens with one attached hydrogen (secondary N) is 2. The van der Waals surface area contributed by atoms with Crippen LogP contribution in [0.5, 0.6) is 0 Å². The summed E-state index contributed by atoms with van der Waals surface area (Å²) < 4.78 is 0. The van der Waals surface area contributed by atoms with Crippen LogP contribution in [0.4, 0.5) is 0 Å². The van der Waals surface area contributed by atoms with E-state index in [1.807, 2.05) is 48.7 Å². The maximum absolute atomic E-state index is 12.6. The van der Waals surface area contributed by atoms with Gasteiger partial charge in [-0.25, -0.2) is 0 Å². The van der Waals surface area contributed by atoms with Crippen molar-refractivity contribution < 1.29 is 14.7 Å². The van der Waals surface area contributed by atoms with Crippen LogP contribution >= 0.6 is 0 Å². The lowest BCUT2D eigenvalue weighted by molar-refractivity contribution is -0.142. The van der Waals surface area contributed by atoms with Crippen molar-refractivity contribution in [2.75, 3.05) is 0 Å². The summed E-state index contributed by atoms with van der Waals surface area (Å²) in [5.41, 5.74) is 2.22. The first-order valence-electron chi connectivity index (χ1n) is 7.72. The standard InChI is InChI=1S/C19H18N2O3/c1-12(19(23)24)17(13-5-3-2-4-6-13)21-18(22)15-7-8-16-14(11-15)9-10-20-16/h2-12,17,20H,1H3,(H,21,22)(H,23,24)/t12-,17+/m1/s1. The summed E-state index contributed by atoms with van der Waals surface area (Å²) in [4.78, 5) is 27.1. The number of carboxylic acids is 1. The van der Waals surface area contributed by atoms with Crippen LogP contribution in [0.2, 0.25) is 0 Å². The summed E-state index contributed by atoms with van der Waals surface area (Å²) >= 11 is 0. The van der Waals surface area contributed by atoms with Crippen LogP contribution in [0, 0.1) is 5.92 Å². The Morgan fingerprint density at radius 3 is 2.54 bits per heavy atom. The first-order valence-corrected chi connectivity index (χ1v) is 7.72. The summed E-state index contributed by atoms with van der Waals surface area (Å²) in [6.45, 7) is 1.59. The predicted molar refractivity (Wildman–Crippen MR) is 91.7 cm³/mol. The Labute approximate surface area is 139 Å². The maximum atomic E-state index is 12.6. The van der Waals surface area contributed by atoms with Crippen LogP contribution in [0.1, 0.15) is 28.9 Å². The molecule has 2 atom stereocenters. The molecule has 0 unspecified atom stereocenters. The van der Waals surface area contributed by atoms with Crippen LogP contribution in [-0.2, 0) is 4.79 Å². The van der Waals surface area contributed by atoms with E-state index < -0.39 is 17.9 Å². The number of carboxylic acid groups (broad SMARTS) is 1. The van der Waals surface area contributed by atoms with Gasteiger partial charge in [0.2, 0.25) is 0 Å². The third kappa shape index (κ3) is 3.15. The highest BCUT2D eigenvalue weighted by Crippen LogP contribution is 2.23. The number of rotatable bonds is 5. The molecule has 0 aliphatic carbocycles. The van der Waals surface area contributed by atoms with E-state index in [1.165, 1.54) is 0 Å². The number of aromatic amines is 1. The number of aliphatic carboxylic acids is 1. The molecule has 2 aromatic carbocycles. The van der Waals surface area contributed by atoms with Crippen LogP contribution in [0.3, 0.4) is 0 Å². The Hall–Kier alpha value is -3.08. The zero-order valence-corrected chi connectivity index (χ0v) is 13.2. The summed E-state index contributed by atoms with van der Waals surface area (Å²) in [6, 6.07) is 15.8. The Kier molecular flexibility index (Phi) is 4.33. The molecule has 3 N–H and O–H groups in total. The van der Waals surface area contributed by atoms with E-state index in [9.17, 15) is 14.7 Å². The van der Waals surface area contributed by atoms with Crippen molar-refractivity contribution in [2.45, 2.75) is 13.0 Å². The first-order chi connectivity index (χ1) is 11.6. The number of benzene rings is 2. The second-order valence-electron chi connectivity index (χ2n) is 5.77. The second-order valence-corrected chi connectivity index (χ2v) is 5.77. The van der Waals surface area contributed by atoms with E-state index in [-0.39, 0.29) is 5.91 Å². The molecule has 0 radical (unpaired) electrons. The van der Waals surface area contributed by atoms with Crippen molar-refractivity contribution in [3.05, 3.63) is 71.9 Å². The number of carbonyl (C=O) groups excluding carboxylic acids is 1. The van der Waals surface area contributed by atoms with Gasteiger partial charge >= 0.3 is 5.97 Å². The molecule has 122 valence electrons. The number of aromatic nitrogens is 1. The van der Waals surface area contributed by atoms with Gasteiger partial charge in [-0.1, -0.05) is 30.3 Å². The summed E-state index contributed by atoms with van der Waals surface area (Å²) in [6.07, 6.45) is 1.81. The summed E-state index contributed by atoms with van der Waals surface area (Å²) in [5, 5.41) is 13.1. The number of fused-ring (bicyclic) bond motifs is 1. The molecule has 24 heavy (non-hydrogen) atoms. The van der Waals surface area contributed by atoms with Crippen molar-refractivity contribution in [2.24, 2.45) is 5.92 Å². The minimum absolute atomic E-state index is 0.292. The van der Waals surface area contributed by atoms with Gasteiger partial charge in [0.25, 0.3) is 5.91 Å². The lowest BCUT2D eigenvalue weighted by Gasteiger charge is -2.23. The van der Waals surface area contributed by atoms with E-state index in [2.05, 4.69) is 10.3 Å². The van der Waals surface area contributed by atoms with Crippen molar-refractivity contribution >= 4 is 22.8 Å². The fraction of sp³-hybridized carbons (Fsp3) is 0.158. The Bertz CT molecular complexity index is 870. The van der Waals surface area contributed by atoms with Gasteiger partial charge in [0, 0.05) is 22.7 Å². The number of amides is 1. The van der Waals surface area contributed by atoms with E-state index in [1.54, 1.807) is 19.1 Å². The maximum Gasteiger partial charge on any atom is 0.308 e. The Morgan fingerprint density at radius 2 is 1.83 bits per heavy atom. The minimum atomic E-state index is -0.953. The Morgan fingerprint density at radius 1 is 1.08 bits per heavy atom. The van der Waals surface area contributed by atoms with Gasteiger partial charge < -0.3 is 15.4 Å². The minimum Gasteiger partial charge on any atom is -0.481 e. The molecule has 1 aromatic heterocycles. The van der Waals surface area contributed by atoms with Crippen LogP contribution in [-0.4, -0.2) is 22.0 Å². The van der Waals surface area contributed by atoms with Gasteiger partial charge in [-0.05, 0) is 36.8 Å². The lowest BCUT2D eigenvalue weighted by Crippen LogP contribution is -2.35. The van der Waals surface area contributed by atoms with E-state index in [0.717, 1.165) is 16.5 Å². The van der Waals surface area contributed by atoms with Crippen LogP contribution in [0.25, 0.3) is 10.9 Å². The normalized spacial score (nSPS) is 13.4. The van der Waals surface area contributed by atoms with Crippen molar-refractivity contribution in [3.8, 4) is 0 Å². The fourth-order valence-corrected chi connectivity index (χ4v) is 2.72. The Balaban J connectivity index is 1.88. The predicted octanol–water partition coefficient (Wildman–Crippen LogP) is 3.36. The second kappa shape index (κ2) is 6.58.